The van der Waals surface area contributed by atoms with Crippen LogP contribution in [0.25, 0.3) is 0 Å². The summed E-state index contributed by atoms with van der Waals surface area (Å²) in [5.74, 6) is -0.141. The summed E-state index contributed by atoms with van der Waals surface area (Å²) >= 11 is 0. The van der Waals surface area contributed by atoms with Gasteiger partial charge in [0.05, 0.1) is 5.69 Å². The molecule has 4 heteroatoms. The molecule has 0 heterocycles. The van der Waals surface area contributed by atoms with Crippen LogP contribution in [0.1, 0.15) is 6.92 Å². The predicted octanol–water partition coefficient (Wildman–Crippen LogP) is 1.39. The van der Waals surface area contributed by atoms with E-state index in [0.717, 1.165) is 5.69 Å². The highest BCUT2D eigenvalue weighted by molar-refractivity contribution is 5.91. The molecule has 0 atom stereocenters. The Labute approximate surface area is 76.6 Å². The molecule has 1 aromatic carbocycles. The lowest BCUT2D eigenvalue weighted by Crippen LogP contribution is -2.06. The van der Waals surface area contributed by atoms with Crippen molar-refractivity contribution < 1.29 is 9.90 Å². The number of carbonyl (C=O) groups is 1. The van der Waals surface area contributed by atoms with Crippen molar-refractivity contribution in [2.24, 2.45) is 0 Å². The van der Waals surface area contributed by atoms with Gasteiger partial charge in [0.15, 0.2) is 0 Å². The number of benzene rings is 1. The Bertz CT molecular complexity index is 323. The molecular formula is C9H12N2O2. The molecule has 0 radical (unpaired) electrons. The topological polar surface area (TPSA) is 61.4 Å². The van der Waals surface area contributed by atoms with Gasteiger partial charge in [0.1, 0.15) is 5.75 Å². The highest BCUT2D eigenvalue weighted by Gasteiger charge is 2.02. The van der Waals surface area contributed by atoms with Crippen LogP contribution < -0.4 is 10.6 Å². The van der Waals surface area contributed by atoms with Crippen LogP contribution in [0.3, 0.4) is 0 Å². The average Bonchev–Trinajstić information content (AvgIpc) is 2.08. The molecule has 0 saturated carbocycles. The molecule has 0 aliphatic carbocycles. The number of aromatic hydroxyl groups is 1. The van der Waals surface area contributed by atoms with Crippen LogP contribution in [0.2, 0.25) is 0 Å². The van der Waals surface area contributed by atoms with Crippen LogP contribution in [0.4, 0.5) is 11.4 Å². The minimum Gasteiger partial charge on any atom is -0.506 e. The molecule has 1 amide bonds. The van der Waals surface area contributed by atoms with Gasteiger partial charge >= 0.3 is 0 Å². The zero-order valence-electron chi connectivity index (χ0n) is 7.59. The van der Waals surface area contributed by atoms with E-state index in [-0.39, 0.29) is 11.7 Å². The molecule has 0 bridgehead atoms. The van der Waals surface area contributed by atoms with Crippen molar-refractivity contribution in [3.63, 3.8) is 0 Å². The summed E-state index contributed by atoms with van der Waals surface area (Å²) in [6, 6.07) is 4.91. The SMILES string of the molecule is CNc1ccc(O)c(NC(C)=O)c1. The zero-order chi connectivity index (χ0) is 9.84. The first kappa shape index (κ1) is 9.38. The molecule has 0 aliphatic heterocycles. The smallest absolute Gasteiger partial charge is 0.221 e. The number of carbonyl (C=O) groups excluding carboxylic acids is 1. The van der Waals surface area contributed by atoms with E-state index >= 15 is 0 Å². The van der Waals surface area contributed by atoms with Gasteiger partial charge in [-0.05, 0) is 18.2 Å². The van der Waals surface area contributed by atoms with Gasteiger partial charge in [-0.15, -0.1) is 0 Å². The molecule has 1 aromatic rings. The lowest BCUT2D eigenvalue weighted by atomic mass is 10.2. The molecule has 3 N–H and O–H groups in total. The zero-order valence-corrected chi connectivity index (χ0v) is 7.59. The van der Waals surface area contributed by atoms with Crippen LogP contribution in [-0.2, 0) is 4.79 Å². The summed E-state index contributed by atoms with van der Waals surface area (Å²) in [6.45, 7) is 1.39. The molecule has 0 fully saturated rings. The number of phenols is 1. The van der Waals surface area contributed by atoms with E-state index in [1.54, 1.807) is 19.2 Å². The monoisotopic (exact) mass is 180 g/mol. The van der Waals surface area contributed by atoms with Crippen LogP contribution in [0, 0.1) is 0 Å². The maximum Gasteiger partial charge on any atom is 0.221 e. The highest BCUT2D eigenvalue weighted by atomic mass is 16.3. The van der Waals surface area contributed by atoms with Crippen molar-refractivity contribution in [3.05, 3.63) is 18.2 Å². The number of hydrogen-bond acceptors (Lipinski definition) is 3. The first-order valence-electron chi connectivity index (χ1n) is 3.92. The molecule has 0 spiro atoms. The van der Waals surface area contributed by atoms with Crippen LogP contribution in [0.5, 0.6) is 5.75 Å². The number of nitrogens with one attached hydrogen (secondary N) is 2. The number of hydrogen-bond donors (Lipinski definition) is 3. The molecule has 70 valence electrons. The Hall–Kier alpha value is -1.71. The number of amides is 1. The Morgan fingerprint density at radius 1 is 1.46 bits per heavy atom. The van der Waals surface area contributed by atoms with E-state index < -0.39 is 0 Å². The average molecular weight is 180 g/mol. The quantitative estimate of drug-likeness (QED) is 0.476. The maximum atomic E-state index is 10.7. The van der Waals surface area contributed by atoms with Crippen LogP contribution >= 0.6 is 0 Å². The van der Waals surface area contributed by atoms with Crippen molar-refractivity contribution in [1.29, 1.82) is 0 Å². The third kappa shape index (κ3) is 2.37. The van der Waals surface area contributed by atoms with E-state index in [1.807, 2.05) is 0 Å². The Balaban J connectivity index is 2.96. The molecule has 0 aliphatic rings. The van der Waals surface area contributed by atoms with Crippen molar-refractivity contribution >= 4 is 17.3 Å². The van der Waals surface area contributed by atoms with Gasteiger partial charge in [-0.2, -0.15) is 0 Å². The van der Waals surface area contributed by atoms with Crippen molar-refractivity contribution in [2.45, 2.75) is 6.92 Å². The van der Waals surface area contributed by atoms with Gasteiger partial charge in [-0.1, -0.05) is 0 Å². The molecule has 13 heavy (non-hydrogen) atoms. The van der Waals surface area contributed by atoms with Crippen molar-refractivity contribution in [3.8, 4) is 5.75 Å². The lowest BCUT2D eigenvalue weighted by molar-refractivity contribution is -0.114. The summed E-state index contributed by atoms with van der Waals surface area (Å²) in [6.07, 6.45) is 0. The normalized spacial score (nSPS) is 9.38. The van der Waals surface area contributed by atoms with E-state index in [4.69, 9.17) is 0 Å². The largest absolute Gasteiger partial charge is 0.506 e. The minimum atomic E-state index is -0.205. The Kier molecular flexibility index (Phi) is 2.74. The second-order valence-corrected chi connectivity index (χ2v) is 2.66. The van der Waals surface area contributed by atoms with Crippen molar-refractivity contribution in [2.75, 3.05) is 17.7 Å². The van der Waals surface area contributed by atoms with Gasteiger partial charge in [0.2, 0.25) is 5.91 Å². The first-order chi connectivity index (χ1) is 6.13. The van der Waals surface area contributed by atoms with Gasteiger partial charge in [0.25, 0.3) is 0 Å². The minimum absolute atomic E-state index is 0.0641. The predicted molar refractivity (Wildman–Crippen MR) is 52.0 cm³/mol. The number of phenolic OH excluding ortho intramolecular Hbond substituents is 1. The fourth-order valence-electron chi connectivity index (χ4n) is 0.981. The molecule has 0 aromatic heterocycles. The van der Waals surface area contributed by atoms with E-state index in [1.165, 1.54) is 13.0 Å². The van der Waals surface area contributed by atoms with E-state index in [0.29, 0.717) is 5.69 Å². The fourth-order valence-corrected chi connectivity index (χ4v) is 0.981. The maximum absolute atomic E-state index is 10.7. The summed E-state index contributed by atoms with van der Waals surface area (Å²) in [5, 5.41) is 14.8. The second-order valence-electron chi connectivity index (χ2n) is 2.66. The molecule has 1 rings (SSSR count). The number of rotatable bonds is 2. The summed E-state index contributed by atoms with van der Waals surface area (Å²) in [4.78, 5) is 10.7. The van der Waals surface area contributed by atoms with Crippen LogP contribution in [0.15, 0.2) is 18.2 Å². The summed E-state index contributed by atoms with van der Waals surface area (Å²) < 4.78 is 0. The molecular weight excluding hydrogens is 168 g/mol. The molecule has 0 unspecified atom stereocenters. The van der Waals surface area contributed by atoms with Gasteiger partial charge in [-0.3, -0.25) is 4.79 Å². The van der Waals surface area contributed by atoms with Crippen molar-refractivity contribution in [1.82, 2.24) is 0 Å². The summed E-state index contributed by atoms with van der Waals surface area (Å²) in [5.41, 5.74) is 1.25. The van der Waals surface area contributed by atoms with Gasteiger partial charge in [-0.25, -0.2) is 0 Å². The third-order valence-electron chi connectivity index (χ3n) is 1.60. The standard InChI is InChI=1S/C9H12N2O2/c1-6(12)11-8-5-7(10-2)3-4-9(8)13/h3-5,10,13H,1-2H3,(H,11,12). The van der Waals surface area contributed by atoms with Crippen LogP contribution in [-0.4, -0.2) is 18.1 Å². The van der Waals surface area contributed by atoms with Gasteiger partial charge < -0.3 is 15.7 Å². The van der Waals surface area contributed by atoms with E-state index in [9.17, 15) is 9.90 Å². The Morgan fingerprint density at radius 2 is 2.15 bits per heavy atom. The number of anilines is 2. The second kappa shape index (κ2) is 3.80. The lowest BCUT2D eigenvalue weighted by Gasteiger charge is -2.07. The summed E-state index contributed by atoms with van der Waals surface area (Å²) in [7, 11) is 1.77. The molecule has 0 saturated heterocycles. The van der Waals surface area contributed by atoms with E-state index in [2.05, 4.69) is 10.6 Å². The first-order valence-corrected chi connectivity index (χ1v) is 3.92. The molecule has 4 nitrogen and oxygen atoms in total. The Morgan fingerprint density at radius 3 is 2.69 bits per heavy atom. The highest BCUT2D eigenvalue weighted by Crippen LogP contribution is 2.26. The third-order valence-corrected chi connectivity index (χ3v) is 1.60. The fraction of sp³-hybridized carbons (Fsp3) is 0.222. The van der Waals surface area contributed by atoms with Gasteiger partial charge in [0, 0.05) is 19.7 Å².